The fourth-order valence-electron chi connectivity index (χ4n) is 2.10. The molecule has 1 aromatic carbocycles. The molecule has 1 saturated heterocycles. The van der Waals surface area contributed by atoms with Gasteiger partial charge in [-0.15, -0.1) is 0 Å². The van der Waals surface area contributed by atoms with E-state index in [1.807, 2.05) is 18.2 Å². The van der Waals surface area contributed by atoms with Gasteiger partial charge in [-0.1, -0.05) is 46.3 Å². The van der Waals surface area contributed by atoms with Crippen LogP contribution in [0.3, 0.4) is 0 Å². The van der Waals surface area contributed by atoms with Crippen LogP contribution in [0, 0.1) is 0 Å². The zero-order valence-electron chi connectivity index (χ0n) is 9.65. The predicted molar refractivity (Wildman–Crippen MR) is 67.6 cm³/mol. The van der Waals surface area contributed by atoms with Crippen molar-refractivity contribution >= 4 is 15.9 Å². The molecule has 3 atom stereocenters. The summed E-state index contributed by atoms with van der Waals surface area (Å²) in [4.78, 5) is 0. The van der Waals surface area contributed by atoms with Crippen LogP contribution in [0.15, 0.2) is 30.3 Å². The van der Waals surface area contributed by atoms with Crippen LogP contribution < -0.4 is 0 Å². The summed E-state index contributed by atoms with van der Waals surface area (Å²) in [5.74, 6) is 0. The van der Waals surface area contributed by atoms with E-state index in [-0.39, 0.29) is 16.7 Å². The minimum atomic E-state index is -0.188. The van der Waals surface area contributed by atoms with Gasteiger partial charge < -0.3 is 9.47 Å². The van der Waals surface area contributed by atoms with Gasteiger partial charge in [0.05, 0.1) is 10.4 Å². The number of hydrogen-bond donors (Lipinski definition) is 0. The lowest BCUT2D eigenvalue weighted by atomic mass is 9.94. The topological polar surface area (TPSA) is 18.5 Å². The van der Waals surface area contributed by atoms with Crippen LogP contribution in [0.4, 0.5) is 0 Å². The molecule has 0 N–H and O–H groups in total. The van der Waals surface area contributed by atoms with Gasteiger partial charge in [-0.25, -0.2) is 0 Å². The number of benzene rings is 1. The molecule has 2 nitrogen and oxygen atoms in total. The molecule has 1 aliphatic rings. The molecule has 0 saturated carbocycles. The maximum absolute atomic E-state index is 5.97. The summed E-state index contributed by atoms with van der Waals surface area (Å²) in [5.41, 5.74) is 1.23. The van der Waals surface area contributed by atoms with Crippen LogP contribution in [0.25, 0.3) is 0 Å². The fraction of sp³-hybridized carbons (Fsp3) is 0.538. The molecule has 0 bridgehead atoms. The van der Waals surface area contributed by atoms with Gasteiger partial charge in [0.25, 0.3) is 0 Å². The Balaban J connectivity index is 2.11. The maximum Gasteiger partial charge on any atom is 0.172 e. The Morgan fingerprint density at radius 1 is 1.38 bits per heavy atom. The standard InChI is InChI=1S/C13H17BrO2/c1-13(14)9-8-11(16-12(13)15-2)10-6-4-3-5-7-10/h3-7,11-12H,8-9H2,1-2H3/t11-,12-,13-/m1/s1. The van der Waals surface area contributed by atoms with E-state index in [1.54, 1.807) is 7.11 Å². The highest BCUT2D eigenvalue weighted by atomic mass is 79.9. The van der Waals surface area contributed by atoms with E-state index in [4.69, 9.17) is 9.47 Å². The molecule has 1 heterocycles. The average Bonchev–Trinajstić information content (AvgIpc) is 2.30. The highest BCUT2D eigenvalue weighted by Gasteiger charge is 2.39. The van der Waals surface area contributed by atoms with Gasteiger partial charge in [0.15, 0.2) is 6.29 Å². The Bertz CT molecular complexity index is 337. The summed E-state index contributed by atoms with van der Waals surface area (Å²) in [6, 6.07) is 10.3. The van der Waals surface area contributed by atoms with E-state index < -0.39 is 0 Å². The zero-order valence-corrected chi connectivity index (χ0v) is 11.2. The molecule has 88 valence electrons. The van der Waals surface area contributed by atoms with Crippen molar-refractivity contribution in [1.29, 1.82) is 0 Å². The Kier molecular flexibility index (Phi) is 3.67. The molecule has 0 radical (unpaired) electrons. The van der Waals surface area contributed by atoms with Crippen molar-refractivity contribution in [2.24, 2.45) is 0 Å². The van der Waals surface area contributed by atoms with Gasteiger partial charge >= 0.3 is 0 Å². The lowest BCUT2D eigenvalue weighted by Crippen LogP contribution is -2.42. The Morgan fingerprint density at radius 3 is 2.69 bits per heavy atom. The number of hydrogen-bond acceptors (Lipinski definition) is 2. The van der Waals surface area contributed by atoms with Crippen molar-refractivity contribution in [3.05, 3.63) is 35.9 Å². The molecule has 0 unspecified atom stereocenters. The van der Waals surface area contributed by atoms with Crippen molar-refractivity contribution < 1.29 is 9.47 Å². The van der Waals surface area contributed by atoms with Crippen molar-refractivity contribution in [1.82, 2.24) is 0 Å². The first-order chi connectivity index (χ1) is 7.63. The number of halogens is 1. The lowest BCUT2D eigenvalue weighted by Gasteiger charge is -2.39. The van der Waals surface area contributed by atoms with Crippen molar-refractivity contribution in [2.75, 3.05) is 7.11 Å². The molecule has 0 amide bonds. The summed E-state index contributed by atoms with van der Waals surface area (Å²) in [6.45, 7) is 2.11. The molecule has 0 spiro atoms. The summed E-state index contributed by atoms with van der Waals surface area (Å²) in [5, 5.41) is 0. The van der Waals surface area contributed by atoms with Gasteiger partial charge in [0.2, 0.25) is 0 Å². The maximum atomic E-state index is 5.97. The molecule has 1 aromatic rings. The zero-order chi connectivity index (χ0) is 11.6. The monoisotopic (exact) mass is 284 g/mol. The number of methoxy groups -OCH3 is 1. The molecule has 2 rings (SSSR count). The average molecular weight is 285 g/mol. The molecule has 1 aliphatic heterocycles. The second kappa shape index (κ2) is 4.86. The van der Waals surface area contributed by atoms with Crippen LogP contribution in [-0.4, -0.2) is 17.7 Å². The highest BCUT2D eigenvalue weighted by Crippen LogP contribution is 2.41. The Hall–Kier alpha value is -0.380. The van der Waals surface area contributed by atoms with Crippen LogP contribution >= 0.6 is 15.9 Å². The molecule has 1 fully saturated rings. The van der Waals surface area contributed by atoms with E-state index in [9.17, 15) is 0 Å². The van der Waals surface area contributed by atoms with E-state index in [0.29, 0.717) is 0 Å². The van der Waals surface area contributed by atoms with Crippen LogP contribution in [0.1, 0.15) is 31.4 Å². The molecule has 16 heavy (non-hydrogen) atoms. The van der Waals surface area contributed by atoms with E-state index in [1.165, 1.54) is 5.56 Å². The predicted octanol–water partition coefficient (Wildman–Crippen LogP) is 3.66. The Morgan fingerprint density at radius 2 is 2.06 bits per heavy atom. The first kappa shape index (κ1) is 12.1. The van der Waals surface area contributed by atoms with Crippen molar-refractivity contribution in [3.8, 4) is 0 Å². The summed E-state index contributed by atoms with van der Waals surface area (Å²) in [7, 11) is 1.69. The van der Waals surface area contributed by atoms with Crippen molar-refractivity contribution in [2.45, 2.75) is 36.5 Å². The minimum absolute atomic E-state index is 0.0764. The second-order valence-corrected chi connectivity index (χ2v) is 6.23. The first-order valence-corrected chi connectivity index (χ1v) is 6.35. The van der Waals surface area contributed by atoms with Gasteiger partial charge in [-0.05, 0) is 25.3 Å². The lowest BCUT2D eigenvalue weighted by molar-refractivity contribution is -0.195. The van der Waals surface area contributed by atoms with Crippen LogP contribution in [-0.2, 0) is 9.47 Å². The largest absolute Gasteiger partial charge is 0.354 e. The third kappa shape index (κ3) is 2.47. The first-order valence-electron chi connectivity index (χ1n) is 5.55. The van der Waals surface area contributed by atoms with Crippen molar-refractivity contribution in [3.63, 3.8) is 0 Å². The Labute approximate surface area is 105 Å². The summed E-state index contributed by atoms with van der Waals surface area (Å²) < 4.78 is 11.3. The molecular weight excluding hydrogens is 268 g/mol. The quantitative estimate of drug-likeness (QED) is 0.772. The number of alkyl halides is 1. The fourth-order valence-corrected chi connectivity index (χ4v) is 2.63. The van der Waals surface area contributed by atoms with Crippen LogP contribution in [0.2, 0.25) is 0 Å². The minimum Gasteiger partial charge on any atom is -0.354 e. The normalized spacial score (nSPS) is 34.9. The third-order valence-electron chi connectivity index (χ3n) is 3.06. The molecule has 0 aliphatic carbocycles. The van der Waals surface area contributed by atoms with Gasteiger partial charge in [0, 0.05) is 7.11 Å². The second-order valence-electron chi connectivity index (χ2n) is 4.42. The molecule has 0 aromatic heterocycles. The van der Waals surface area contributed by atoms with Gasteiger partial charge in [-0.3, -0.25) is 0 Å². The molecular formula is C13H17BrO2. The summed E-state index contributed by atoms with van der Waals surface area (Å²) in [6.07, 6.45) is 2.03. The van der Waals surface area contributed by atoms with E-state index in [0.717, 1.165) is 12.8 Å². The smallest absolute Gasteiger partial charge is 0.172 e. The van der Waals surface area contributed by atoms with E-state index >= 15 is 0 Å². The van der Waals surface area contributed by atoms with Gasteiger partial charge in [0.1, 0.15) is 0 Å². The third-order valence-corrected chi connectivity index (χ3v) is 3.83. The SMILES string of the molecule is CO[C@@H]1O[C@@H](c2ccccc2)CC[C@@]1(C)Br. The van der Waals surface area contributed by atoms with Gasteiger partial charge in [-0.2, -0.15) is 0 Å². The number of ether oxygens (including phenoxy) is 2. The van der Waals surface area contributed by atoms with E-state index in [2.05, 4.69) is 35.0 Å². The highest BCUT2D eigenvalue weighted by molar-refractivity contribution is 9.10. The molecule has 3 heteroatoms. The summed E-state index contributed by atoms with van der Waals surface area (Å²) >= 11 is 3.67. The van der Waals surface area contributed by atoms with Crippen LogP contribution in [0.5, 0.6) is 0 Å². The number of rotatable bonds is 2.